The van der Waals surface area contributed by atoms with Crippen molar-refractivity contribution in [2.45, 2.75) is 18.7 Å². The molecule has 2 aromatic rings. The van der Waals surface area contributed by atoms with Gasteiger partial charge < -0.3 is 5.11 Å². The SMILES string of the molecule is Cc1ccc(S(=O)(=O)Nc2cc(Cl)c(O)cc2F)cc1C. The van der Waals surface area contributed by atoms with Gasteiger partial charge in [0.2, 0.25) is 0 Å². The van der Waals surface area contributed by atoms with Gasteiger partial charge in [0, 0.05) is 6.07 Å². The summed E-state index contributed by atoms with van der Waals surface area (Å²) in [7, 11) is -3.93. The lowest BCUT2D eigenvalue weighted by molar-refractivity contribution is 0.470. The van der Waals surface area contributed by atoms with Gasteiger partial charge >= 0.3 is 0 Å². The van der Waals surface area contributed by atoms with Crippen molar-refractivity contribution in [3.05, 3.63) is 52.3 Å². The molecule has 0 saturated carbocycles. The lowest BCUT2D eigenvalue weighted by Gasteiger charge is -2.11. The Kier molecular flexibility index (Phi) is 4.11. The van der Waals surface area contributed by atoms with Crippen LogP contribution in [0.25, 0.3) is 0 Å². The first-order valence-corrected chi connectivity index (χ1v) is 7.85. The van der Waals surface area contributed by atoms with Crippen LogP contribution >= 0.6 is 11.6 Å². The number of nitrogens with one attached hydrogen (secondary N) is 1. The fraction of sp³-hybridized carbons (Fsp3) is 0.143. The summed E-state index contributed by atoms with van der Waals surface area (Å²) < 4.78 is 40.3. The van der Waals surface area contributed by atoms with Crippen molar-refractivity contribution < 1.29 is 17.9 Å². The van der Waals surface area contributed by atoms with Crippen LogP contribution in [0.3, 0.4) is 0 Å². The highest BCUT2D eigenvalue weighted by Gasteiger charge is 2.18. The van der Waals surface area contributed by atoms with E-state index in [0.29, 0.717) is 0 Å². The second-order valence-corrected chi connectivity index (χ2v) is 6.72. The van der Waals surface area contributed by atoms with Crippen LogP contribution in [-0.2, 0) is 10.0 Å². The van der Waals surface area contributed by atoms with E-state index in [0.717, 1.165) is 23.3 Å². The first kappa shape index (κ1) is 15.6. The molecule has 112 valence electrons. The van der Waals surface area contributed by atoms with Gasteiger partial charge in [0.1, 0.15) is 5.75 Å². The molecular formula is C14H13ClFNO3S. The van der Waals surface area contributed by atoms with Crippen molar-refractivity contribution >= 4 is 27.3 Å². The monoisotopic (exact) mass is 329 g/mol. The van der Waals surface area contributed by atoms with E-state index in [-0.39, 0.29) is 15.6 Å². The van der Waals surface area contributed by atoms with Gasteiger partial charge in [-0.25, -0.2) is 12.8 Å². The number of aromatic hydroxyl groups is 1. The molecule has 0 fully saturated rings. The zero-order valence-electron chi connectivity index (χ0n) is 11.3. The number of phenols is 1. The molecule has 0 saturated heterocycles. The molecule has 0 aromatic heterocycles. The van der Waals surface area contributed by atoms with E-state index in [1.807, 2.05) is 6.92 Å². The van der Waals surface area contributed by atoms with E-state index in [1.54, 1.807) is 13.0 Å². The third kappa shape index (κ3) is 3.28. The molecule has 4 nitrogen and oxygen atoms in total. The molecule has 0 aliphatic heterocycles. The van der Waals surface area contributed by atoms with Gasteiger partial charge in [0.25, 0.3) is 10.0 Å². The van der Waals surface area contributed by atoms with E-state index in [2.05, 4.69) is 4.72 Å². The molecule has 0 radical (unpaired) electrons. The summed E-state index contributed by atoms with van der Waals surface area (Å²) in [6, 6.07) is 6.37. The van der Waals surface area contributed by atoms with Crippen molar-refractivity contribution in [2.24, 2.45) is 0 Å². The molecular weight excluding hydrogens is 317 g/mol. The normalized spacial score (nSPS) is 11.4. The summed E-state index contributed by atoms with van der Waals surface area (Å²) in [5.74, 6) is -1.37. The number of benzene rings is 2. The topological polar surface area (TPSA) is 66.4 Å². The number of hydrogen-bond donors (Lipinski definition) is 2. The van der Waals surface area contributed by atoms with E-state index in [1.165, 1.54) is 12.1 Å². The maximum absolute atomic E-state index is 13.7. The zero-order chi connectivity index (χ0) is 15.8. The molecule has 0 aliphatic carbocycles. The predicted octanol–water partition coefficient (Wildman–Crippen LogP) is 3.60. The van der Waals surface area contributed by atoms with Gasteiger partial charge in [-0.15, -0.1) is 0 Å². The van der Waals surface area contributed by atoms with Crippen LogP contribution in [0.4, 0.5) is 10.1 Å². The highest BCUT2D eigenvalue weighted by molar-refractivity contribution is 7.92. The average molecular weight is 330 g/mol. The van der Waals surface area contributed by atoms with Crippen LogP contribution in [0.5, 0.6) is 5.75 Å². The summed E-state index contributed by atoms with van der Waals surface area (Å²) in [6.45, 7) is 3.64. The lowest BCUT2D eigenvalue weighted by atomic mass is 10.1. The van der Waals surface area contributed by atoms with Crippen LogP contribution in [0.1, 0.15) is 11.1 Å². The molecule has 2 rings (SSSR count). The molecule has 7 heteroatoms. The summed E-state index contributed by atoms with van der Waals surface area (Å²) >= 11 is 5.66. The van der Waals surface area contributed by atoms with E-state index < -0.39 is 21.6 Å². The Morgan fingerprint density at radius 1 is 1.14 bits per heavy atom. The Labute approximate surface area is 127 Å². The molecule has 0 aliphatic rings. The second-order valence-electron chi connectivity index (χ2n) is 4.64. The molecule has 0 spiro atoms. The van der Waals surface area contributed by atoms with Gasteiger partial charge in [0.15, 0.2) is 5.82 Å². The number of rotatable bonds is 3. The van der Waals surface area contributed by atoms with Crippen LogP contribution in [0, 0.1) is 19.7 Å². The quantitative estimate of drug-likeness (QED) is 0.845. The minimum atomic E-state index is -3.93. The molecule has 0 heterocycles. The number of hydrogen-bond acceptors (Lipinski definition) is 3. The number of aryl methyl sites for hydroxylation is 2. The van der Waals surface area contributed by atoms with E-state index in [9.17, 15) is 17.9 Å². The third-order valence-electron chi connectivity index (χ3n) is 3.07. The average Bonchev–Trinajstić information content (AvgIpc) is 2.39. The predicted molar refractivity (Wildman–Crippen MR) is 79.8 cm³/mol. The summed E-state index contributed by atoms with van der Waals surface area (Å²) in [5.41, 5.74) is 1.44. The fourth-order valence-electron chi connectivity index (χ4n) is 1.70. The first-order chi connectivity index (χ1) is 9.70. The van der Waals surface area contributed by atoms with Crippen LogP contribution in [-0.4, -0.2) is 13.5 Å². The summed E-state index contributed by atoms with van der Waals surface area (Å²) in [6.07, 6.45) is 0. The first-order valence-electron chi connectivity index (χ1n) is 5.99. The maximum atomic E-state index is 13.7. The van der Waals surface area contributed by atoms with Gasteiger partial charge in [-0.2, -0.15) is 0 Å². The molecule has 0 amide bonds. The maximum Gasteiger partial charge on any atom is 0.261 e. The smallest absolute Gasteiger partial charge is 0.261 e. The Balaban J connectivity index is 2.42. The summed E-state index contributed by atoms with van der Waals surface area (Å²) in [4.78, 5) is 0.0224. The van der Waals surface area contributed by atoms with Crippen molar-refractivity contribution in [1.82, 2.24) is 0 Å². The van der Waals surface area contributed by atoms with Gasteiger partial charge in [0.05, 0.1) is 15.6 Å². The lowest BCUT2D eigenvalue weighted by Crippen LogP contribution is -2.14. The number of anilines is 1. The molecule has 0 atom stereocenters. The Morgan fingerprint density at radius 3 is 2.43 bits per heavy atom. The van der Waals surface area contributed by atoms with Crippen molar-refractivity contribution in [2.75, 3.05) is 4.72 Å². The standard InChI is InChI=1S/C14H13ClFNO3S/c1-8-3-4-10(5-9(8)2)21(19,20)17-13-6-11(15)14(18)7-12(13)16/h3-7,17-18H,1-2H3. The van der Waals surface area contributed by atoms with Crippen LogP contribution < -0.4 is 4.72 Å². The van der Waals surface area contributed by atoms with Crippen molar-refractivity contribution in [3.63, 3.8) is 0 Å². The number of sulfonamides is 1. The number of halogens is 2. The van der Waals surface area contributed by atoms with Gasteiger partial charge in [-0.05, 0) is 43.2 Å². The van der Waals surface area contributed by atoms with Crippen LogP contribution in [0.15, 0.2) is 35.2 Å². The third-order valence-corrected chi connectivity index (χ3v) is 4.74. The largest absolute Gasteiger partial charge is 0.506 e. The van der Waals surface area contributed by atoms with E-state index in [4.69, 9.17) is 11.6 Å². The summed E-state index contributed by atoms with van der Waals surface area (Å²) in [5, 5.41) is 9.11. The highest BCUT2D eigenvalue weighted by Crippen LogP contribution is 2.30. The van der Waals surface area contributed by atoms with E-state index >= 15 is 0 Å². The minimum Gasteiger partial charge on any atom is -0.506 e. The molecule has 2 N–H and O–H groups in total. The zero-order valence-corrected chi connectivity index (χ0v) is 12.9. The van der Waals surface area contributed by atoms with Gasteiger partial charge in [-0.1, -0.05) is 17.7 Å². The van der Waals surface area contributed by atoms with Crippen LogP contribution in [0.2, 0.25) is 5.02 Å². The number of phenolic OH excluding ortho intramolecular Hbond substituents is 1. The molecule has 21 heavy (non-hydrogen) atoms. The van der Waals surface area contributed by atoms with Crippen molar-refractivity contribution in [3.8, 4) is 5.75 Å². The fourth-order valence-corrected chi connectivity index (χ4v) is 3.01. The highest BCUT2D eigenvalue weighted by atomic mass is 35.5. The Morgan fingerprint density at radius 2 is 1.81 bits per heavy atom. The second kappa shape index (κ2) is 5.54. The minimum absolute atomic E-state index is 0.0224. The molecule has 0 unspecified atom stereocenters. The van der Waals surface area contributed by atoms with Gasteiger partial charge in [-0.3, -0.25) is 4.72 Å². The molecule has 0 bridgehead atoms. The molecule has 2 aromatic carbocycles. The Hall–Kier alpha value is -1.79. The van der Waals surface area contributed by atoms with Crippen molar-refractivity contribution in [1.29, 1.82) is 0 Å². The Bertz CT molecular complexity index is 806.